The maximum Gasteiger partial charge on any atom is 0.330 e. The summed E-state index contributed by atoms with van der Waals surface area (Å²) < 4.78 is 0. The van der Waals surface area contributed by atoms with E-state index >= 15 is 0 Å². The van der Waals surface area contributed by atoms with Crippen LogP contribution in [-0.2, 0) is 9.59 Å². The number of nitrogens with one attached hydrogen (secondary N) is 1. The van der Waals surface area contributed by atoms with Gasteiger partial charge in [0.1, 0.15) is 5.92 Å². The molecule has 4 amide bonds. The Morgan fingerprint density at radius 3 is 2.48 bits per heavy atom. The molecule has 0 saturated carbocycles. The number of urea groups is 1. The molecule has 1 N–H and O–H groups in total. The van der Waals surface area contributed by atoms with Crippen molar-refractivity contribution in [3.8, 4) is 0 Å². The molecule has 0 aromatic heterocycles. The smallest absolute Gasteiger partial charge is 0.277 e. The molecule has 2 atom stereocenters. The Morgan fingerprint density at radius 1 is 1.19 bits per heavy atom. The second kappa shape index (κ2) is 6.52. The summed E-state index contributed by atoms with van der Waals surface area (Å²) in [5.41, 5.74) is 1.06. The van der Waals surface area contributed by atoms with Gasteiger partial charge < -0.3 is 0 Å². The summed E-state index contributed by atoms with van der Waals surface area (Å²) in [6.45, 7) is 4.15. The van der Waals surface area contributed by atoms with Crippen LogP contribution in [0.1, 0.15) is 38.2 Å². The molecule has 2 unspecified atom stereocenters. The molecule has 0 aliphatic carbocycles. The maximum absolute atomic E-state index is 12.3. The number of nitrogens with zero attached hydrogens (tertiary/aromatic N) is 1. The lowest BCUT2D eigenvalue weighted by Gasteiger charge is -2.31. The zero-order valence-corrected chi connectivity index (χ0v) is 12.3. The maximum atomic E-state index is 12.3. The Bertz CT molecular complexity index is 542. The lowest BCUT2D eigenvalue weighted by atomic mass is 9.96. The van der Waals surface area contributed by atoms with E-state index in [2.05, 4.69) is 5.32 Å². The fourth-order valence-electron chi connectivity index (χ4n) is 2.54. The lowest BCUT2D eigenvalue weighted by Crippen LogP contribution is -2.58. The average molecular weight is 288 g/mol. The van der Waals surface area contributed by atoms with Crippen molar-refractivity contribution in [2.24, 2.45) is 5.92 Å². The topological polar surface area (TPSA) is 66.5 Å². The van der Waals surface area contributed by atoms with Crippen molar-refractivity contribution < 1.29 is 14.4 Å². The molecule has 5 heteroatoms. The molecule has 1 aliphatic heterocycles. The highest BCUT2D eigenvalue weighted by Gasteiger charge is 2.40. The number of hydrogen-bond acceptors (Lipinski definition) is 3. The Hall–Kier alpha value is -2.17. The van der Waals surface area contributed by atoms with E-state index in [4.69, 9.17) is 0 Å². The molecule has 1 fully saturated rings. The van der Waals surface area contributed by atoms with Gasteiger partial charge in [-0.2, -0.15) is 0 Å². The van der Waals surface area contributed by atoms with Crippen LogP contribution in [0, 0.1) is 5.92 Å². The molecule has 1 saturated heterocycles. The Labute approximate surface area is 124 Å². The molecule has 21 heavy (non-hydrogen) atoms. The SMILES string of the molecule is CCCC1C(=O)NC(=O)N(CC(C)c2ccccc2)C1=O. The molecule has 0 spiro atoms. The third-order valence-electron chi connectivity index (χ3n) is 3.76. The minimum atomic E-state index is -0.740. The molecule has 1 heterocycles. The summed E-state index contributed by atoms with van der Waals surface area (Å²) >= 11 is 0. The van der Waals surface area contributed by atoms with Crippen LogP contribution in [0.5, 0.6) is 0 Å². The average Bonchev–Trinajstić information content (AvgIpc) is 2.48. The predicted octanol–water partition coefficient (Wildman–Crippen LogP) is 2.28. The number of carbonyl (C=O) groups is 3. The zero-order valence-electron chi connectivity index (χ0n) is 12.3. The van der Waals surface area contributed by atoms with E-state index in [1.807, 2.05) is 44.2 Å². The van der Waals surface area contributed by atoms with Crippen molar-refractivity contribution in [2.75, 3.05) is 6.54 Å². The molecule has 0 radical (unpaired) electrons. The van der Waals surface area contributed by atoms with Gasteiger partial charge in [-0.1, -0.05) is 50.6 Å². The van der Waals surface area contributed by atoms with Gasteiger partial charge >= 0.3 is 6.03 Å². The van der Waals surface area contributed by atoms with Crippen LogP contribution in [0.2, 0.25) is 0 Å². The van der Waals surface area contributed by atoms with Gasteiger partial charge in [-0.25, -0.2) is 4.79 Å². The van der Waals surface area contributed by atoms with Crippen molar-refractivity contribution in [3.63, 3.8) is 0 Å². The Morgan fingerprint density at radius 2 is 1.86 bits per heavy atom. The monoisotopic (exact) mass is 288 g/mol. The van der Waals surface area contributed by atoms with Gasteiger partial charge in [-0.3, -0.25) is 19.8 Å². The number of carbonyl (C=O) groups excluding carboxylic acids is 3. The lowest BCUT2D eigenvalue weighted by molar-refractivity contribution is -0.143. The molecule has 1 aromatic rings. The van der Waals surface area contributed by atoms with Crippen molar-refractivity contribution in [3.05, 3.63) is 35.9 Å². The van der Waals surface area contributed by atoms with E-state index in [0.717, 1.165) is 12.0 Å². The first kappa shape index (κ1) is 15.2. The van der Waals surface area contributed by atoms with Crippen molar-refractivity contribution in [1.82, 2.24) is 10.2 Å². The van der Waals surface area contributed by atoms with Gasteiger partial charge in [-0.15, -0.1) is 0 Å². The first-order valence-electron chi connectivity index (χ1n) is 7.25. The highest BCUT2D eigenvalue weighted by molar-refractivity contribution is 6.16. The summed E-state index contributed by atoms with van der Waals surface area (Å²) in [7, 11) is 0. The number of hydrogen-bond donors (Lipinski definition) is 1. The van der Waals surface area contributed by atoms with E-state index in [-0.39, 0.29) is 18.4 Å². The third kappa shape index (κ3) is 3.29. The second-order valence-electron chi connectivity index (χ2n) is 5.40. The van der Waals surface area contributed by atoms with Crippen LogP contribution < -0.4 is 5.32 Å². The minimum absolute atomic E-state index is 0.0244. The molecule has 1 aliphatic rings. The molecular weight excluding hydrogens is 268 g/mol. The van der Waals surface area contributed by atoms with Gasteiger partial charge in [0.25, 0.3) is 0 Å². The standard InChI is InChI=1S/C16H20N2O3/c1-3-7-13-14(19)17-16(21)18(15(13)20)10-11(2)12-8-5-4-6-9-12/h4-6,8-9,11,13H,3,7,10H2,1-2H3,(H,17,19,21). The number of imide groups is 2. The molecule has 5 nitrogen and oxygen atoms in total. The molecule has 2 rings (SSSR count). The number of rotatable bonds is 5. The van der Waals surface area contributed by atoms with Gasteiger partial charge in [0.15, 0.2) is 0 Å². The Kier molecular flexibility index (Phi) is 4.73. The number of benzene rings is 1. The van der Waals surface area contributed by atoms with Crippen LogP contribution in [-0.4, -0.2) is 29.3 Å². The van der Waals surface area contributed by atoms with E-state index in [1.165, 1.54) is 4.90 Å². The van der Waals surface area contributed by atoms with E-state index < -0.39 is 17.9 Å². The van der Waals surface area contributed by atoms with Crippen LogP contribution >= 0.6 is 0 Å². The van der Waals surface area contributed by atoms with Crippen molar-refractivity contribution in [1.29, 1.82) is 0 Å². The minimum Gasteiger partial charge on any atom is -0.277 e. The molecule has 0 bridgehead atoms. The van der Waals surface area contributed by atoms with Crippen LogP contribution in [0.3, 0.4) is 0 Å². The highest BCUT2D eigenvalue weighted by atomic mass is 16.2. The number of amides is 4. The van der Waals surface area contributed by atoms with Gasteiger partial charge in [0, 0.05) is 6.54 Å². The number of barbiturate groups is 1. The molecular formula is C16H20N2O3. The quantitative estimate of drug-likeness (QED) is 0.845. The summed E-state index contributed by atoms with van der Waals surface area (Å²) in [6, 6.07) is 9.09. The van der Waals surface area contributed by atoms with Gasteiger partial charge in [0.05, 0.1) is 0 Å². The molecule has 1 aromatic carbocycles. The van der Waals surface area contributed by atoms with E-state index in [9.17, 15) is 14.4 Å². The summed E-state index contributed by atoms with van der Waals surface area (Å²) in [5.74, 6) is -1.57. The predicted molar refractivity (Wildman–Crippen MR) is 78.5 cm³/mol. The van der Waals surface area contributed by atoms with E-state index in [0.29, 0.717) is 6.42 Å². The first-order chi connectivity index (χ1) is 10.0. The Balaban J connectivity index is 2.12. The fraction of sp³-hybridized carbons (Fsp3) is 0.438. The third-order valence-corrected chi connectivity index (χ3v) is 3.76. The fourth-order valence-corrected chi connectivity index (χ4v) is 2.54. The summed E-state index contributed by atoms with van der Waals surface area (Å²) in [6.07, 6.45) is 1.19. The van der Waals surface area contributed by atoms with Crippen molar-refractivity contribution in [2.45, 2.75) is 32.6 Å². The van der Waals surface area contributed by atoms with Gasteiger partial charge in [0.2, 0.25) is 11.8 Å². The largest absolute Gasteiger partial charge is 0.330 e. The second-order valence-corrected chi connectivity index (χ2v) is 5.40. The van der Waals surface area contributed by atoms with Crippen LogP contribution in [0.4, 0.5) is 4.79 Å². The van der Waals surface area contributed by atoms with Crippen molar-refractivity contribution >= 4 is 17.8 Å². The van der Waals surface area contributed by atoms with Crippen LogP contribution in [0.15, 0.2) is 30.3 Å². The summed E-state index contributed by atoms with van der Waals surface area (Å²) in [4.78, 5) is 37.1. The normalized spacial score (nSPS) is 20.4. The summed E-state index contributed by atoms with van der Waals surface area (Å²) in [5, 5.41) is 2.28. The highest BCUT2D eigenvalue weighted by Crippen LogP contribution is 2.21. The first-order valence-corrected chi connectivity index (χ1v) is 7.25. The zero-order chi connectivity index (χ0) is 15.4. The van der Waals surface area contributed by atoms with E-state index in [1.54, 1.807) is 0 Å². The molecule has 112 valence electrons. The van der Waals surface area contributed by atoms with Gasteiger partial charge in [-0.05, 0) is 17.9 Å². The van der Waals surface area contributed by atoms with Crippen LogP contribution in [0.25, 0.3) is 0 Å².